The van der Waals surface area contributed by atoms with Gasteiger partial charge in [0.1, 0.15) is 5.75 Å². The number of nitrogen functional groups attached to an aromatic ring is 2. The largest absolute Gasteiger partial charge is 0.494 e. The molecule has 17 heavy (non-hydrogen) atoms. The predicted molar refractivity (Wildman–Crippen MR) is 71.9 cm³/mol. The summed E-state index contributed by atoms with van der Waals surface area (Å²) in [5.74, 6) is 0.782. The Labute approximate surface area is 101 Å². The third-order valence-electron chi connectivity index (χ3n) is 2.46. The highest BCUT2D eigenvalue weighted by Gasteiger charge is 2.02. The molecule has 2 aromatic rings. The molecule has 2 aromatic carbocycles. The van der Waals surface area contributed by atoms with Gasteiger partial charge in [-0.3, -0.25) is 0 Å². The van der Waals surface area contributed by atoms with Crippen LogP contribution in [0, 0.1) is 0 Å². The van der Waals surface area contributed by atoms with E-state index in [0.717, 1.165) is 22.6 Å². The number of anilines is 2. The first-order valence-corrected chi connectivity index (χ1v) is 5.58. The van der Waals surface area contributed by atoms with Crippen molar-refractivity contribution in [1.82, 2.24) is 0 Å². The Morgan fingerprint density at radius 2 is 1.71 bits per heavy atom. The van der Waals surface area contributed by atoms with Crippen molar-refractivity contribution >= 4 is 11.4 Å². The zero-order valence-corrected chi connectivity index (χ0v) is 9.81. The van der Waals surface area contributed by atoms with E-state index in [4.69, 9.17) is 16.2 Å². The van der Waals surface area contributed by atoms with Gasteiger partial charge in [0.05, 0.1) is 6.61 Å². The lowest BCUT2D eigenvalue weighted by Gasteiger charge is -2.08. The van der Waals surface area contributed by atoms with Crippen LogP contribution in [-0.2, 0) is 0 Å². The SMILES string of the molecule is CCOc1cc(N)cc(-c2cccc(N)c2)c1. The summed E-state index contributed by atoms with van der Waals surface area (Å²) in [6.07, 6.45) is 0. The molecule has 4 N–H and O–H groups in total. The van der Waals surface area contributed by atoms with Gasteiger partial charge in [0.25, 0.3) is 0 Å². The van der Waals surface area contributed by atoms with Crippen LogP contribution in [0.25, 0.3) is 11.1 Å². The summed E-state index contributed by atoms with van der Waals surface area (Å²) in [5.41, 5.74) is 15.1. The second kappa shape index (κ2) is 4.78. The molecule has 0 saturated heterocycles. The second-order valence-corrected chi connectivity index (χ2v) is 3.85. The maximum absolute atomic E-state index is 5.85. The minimum Gasteiger partial charge on any atom is -0.494 e. The number of benzene rings is 2. The summed E-state index contributed by atoms with van der Waals surface area (Å²) < 4.78 is 5.47. The molecule has 0 aliphatic carbocycles. The Hall–Kier alpha value is -2.16. The lowest BCUT2D eigenvalue weighted by Crippen LogP contribution is -1.94. The van der Waals surface area contributed by atoms with Gasteiger partial charge < -0.3 is 16.2 Å². The van der Waals surface area contributed by atoms with Crippen LogP contribution in [0.4, 0.5) is 11.4 Å². The van der Waals surface area contributed by atoms with E-state index in [1.165, 1.54) is 0 Å². The Morgan fingerprint density at radius 1 is 0.941 bits per heavy atom. The number of rotatable bonds is 3. The Balaban J connectivity index is 2.44. The van der Waals surface area contributed by atoms with E-state index in [9.17, 15) is 0 Å². The first kappa shape index (κ1) is 11.3. The van der Waals surface area contributed by atoms with Crippen LogP contribution in [0.2, 0.25) is 0 Å². The van der Waals surface area contributed by atoms with Gasteiger partial charge in [0.15, 0.2) is 0 Å². The number of hydrogen-bond acceptors (Lipinski definition) is 3. The van der Waals surface area contributed by atoms with Crippen LogP contribution in [0.1, 0.15) is 6.92 Å². The van der Waals surface area contributed by atoms with Crippen molar-refractivity contribution in [1.29, 1.82) is 0 Å². The van der Waals surface area contributed by atoms with Crippen LogP contribution in [-0.4, -0.2) is 6.61 Å². The molecule has 88 valence electrons. The van der Waals surface area contributed by atoms with Gasteiger partial charge in [0, 0.05) is 17.4 Å². The highest BCUT2D eigenvalue weighted by atomic mass is 16.5. The van der Waals surface area contributed by atoms with Crippen molar-refractivity contribution in [3.05, 3.63) is 42.5 Å². The standard InChI is InChI=1S/C14H16N2O/c1-2-17-14-8-11(7-13(16)9-14)10-4-3-5-12(15)6-10/h3-9H,2,15-16H2,1H3. The molecule has 0 unspecified atom stereocenters. The van der Waals surface area contributed by atoms with Gasteiger partial charge >= 0.3 is 0 Å². The first-order valence-electron chi connectivity index (χ1n) is 5.58. The molecule has 0 radical (unpaired) electrons. The molecule has 0 heterocycles. The van der Waals surface area contributed by atoms with Crippen molar-refractivity contribution in [2.75, 3.05) is 18.1 Å². The number of ether oxygens (including phenoxy) is 1. The highest BCUT2D eigenvalue weighted by Crippen LogP contribution is 2.28. The maximum atomic E-state index is 5.85. The topological polar surface area (TPSA) is 61.3 Å². The molecule has 3 heteroatoms. The molecule has 0 bridgehead atoms. The van der Waals surface area contributed by atoms with E-state index in [1.807, 2.05) is 49.4 Å². The zero-order chi connectivity index (χ0) is 12.3. The van der Waals surface area contributed by atoms with E-state index < -0.39 is 0 Å². The van der Waals surface area contributed by atoms with Crippen LogP contribution in [0.3, 0.4) is 0 Å². The molecule has 0 fully saturated rings. The van der Waals surface area contributed by atoms with Gasteiger partial charge in [0.2, 0.25) is 0 Å². The van der Waals surface area contributed by atoms with Gasteiger partial charge in [-0.25, -0.2) is 0 Å². The van der Waals surface area contributed by atoms with Gasteiger partial charge in [-0.2, -0.15) is 0 Å². The minimum absolute atomic E-state index is 0.625. The van der Waals surface area contributed by atoms with E-state index in [1.54, 1.807) is 0 Å². The van der Waals surface area contributed by atoms with Gasteiger partial charge in [-0.05, 0) is 42.3 Å². The molecule has 2 rings (SSSR count). The Kier molecular flexibility index (Phi) is 3.19. The van der Waals surface area contributed by atoms with E-state index in [0.29, 0.717) is 12.3 Å². The van der Waals surface area contributed by atoms with Crippen LogP contribution in [0.5, 0.6) is 5.75 Å². The quantitative estimate of drug-likeness (QED) is 0.794. The van der Waals surface area contributed by atoms with E-state index in [2.05, 4.69) is 0 Å². The zero-order valence-electron chi connectivity index (χ0n) is 9.81. The predicted octanol–water partition coefficient (Wildman–Crippen LogP) is 2.92. The molecule has 0 aliphatic heterocycles. The minimum atomic E-state index is 0.625. The molecular weight excluding hydrogens is 212 g/mol. The fourth-order valence-electron chi connectivity index (χ4n) is 1.76. The molecular formula is C14H16N2O. The monoisotopic (exact) mass is 228 g/mol. The van der Waals surface area contributed by atoms with Crippen molar-refractivity contribution in [3.63, 3.8) is 0 Å². The summed E-state index contributed by atoms with van der Waals surface area (Å²) in [7, 11) is 0. The second-order valence-electron chi connectivity index (χ2n) is 3.85. The summed E-state index contributed by atoms with van der Waals surface area (Å²) in [4.78, 5) is 0. The smallest absolute Gasteiger partial charge is 0.121 e. The molecule has 0 saturated carbocycles. The average molecular weight is 228 g/mol. The third-order valence-corrected chi connectivity index (χ3v) is 2.46. The van der Waals surface area contributed by atoms with Crippen molar-refractivity contribution in [2.24, 2.45) is 0 Å². The van der Waals surface area contributed by atoms with Crippen molar-refractivity contribution in [2.45, 2.75) is 6.92 Å². The van der Waals surface area contributed by atoms with Crippen molar-refractivity contribution < 1.29 is 4.74 Å². The van der Waals surface area contributed by atoms with Gasteiger partial charge in [-0.15, -0.1) is 0 Å². The molecule has 0 amide bonds. The normalized spacial score (nSPS) is 10.2. The Bertz CT molecular complexity index is 523. The molecule has 0 atom stereocenters. The average Bonchev–Trinajstić information content (AvgIpc) is 2.28. The summed E-state index contributed by atoms with van der Waals surface area (Å²) in [6, 6.07) is 13.4. The fraction of sp³-hybridized carbons (Fsp3) is 0.143. The molecule has 0 aliphatic rings. The van der Waals surface area contributed by atoms with Crippen LogP contribution < -0.4 is 16.2 Å². The highest BCUT2D eigenvalue weighted by molar-refractivity contribution is 5.72. The van der Waals surface area contributed by atoms with Crippen LogP contribution in [0.15, 0.2) is 42.5 Å². The van der Waals surface area contributed by atoms with Crippen molar-refractivity contribution in [3.8, 4) is 16.9 Å². The third kappa shape index (κ3) is 2.69. The van der Waals surface area contributed by atoms with E-state index in [-0.39, 0.29) is 0 Å². The Morgan fingerprint density at radius 3 is 2.41 bits per heavy atom. The van der Waals surface area contributed by atoms with E-state index >= 15 is 0 Å². The molecule has 0 spiro atoms. The first-order chi connectivity index (χ1) is 8.19. The summed E-state index contributed by atoms with van der Waals surface area (Å²) >= 11 is 0. The number of nitrogens with two attached hydrogens (primary N) is 2. The van der Waals surface area contributed by atoms with Gasteiger partial charge in [-0.1, -0.05) is 12.1 Å². The van der Waals surface area contributed by atoms with Crippen LogP contribution >= 0.6 is 0 Å². The molecule has 0 aromatic heterocycles. The maximum Gasteiger partial charge on any atom is 0.121 e. The molecule has 3 nitrogen and oxygen atoms in total. The summed E-state index contributed by atoms with van der Waals surface area (Å²) in [6.45, 7) is 2.57. The lowest BCUT2D eigenvalue weighted by molar-refractivity contribution is 0.340. The lowest BCUT2D eigenvalue weighted by atomic mass is 10.0. The summed E-state index contributed by atoms with van der Waals surface area (Å²) in [5, 5.41) is 0. The fourth-order valence-corrected chi connectivity index (χ4v) is 1.76. The number of hydrogen-bond donors (Lipinski definition) is 2.